The van der Waals surface area contributed by atoms with E-state index < -0.39 is 17.7 Å². The zero-order valence-electron chi connectivity index (χ0n) is 18.4. The zero-order chi connectivity index (χ0) is 23.5. The molecule has 0 bridgehead atoms. The summed E-state index contributed by atoms with van der Waals surface area (Å²) < 4.78 is 15.3. The smallest absolute Gasteiger partial charge is 0.407 e. The highest BCUT2D eigenvalue weighted by Gasteiger charge is 2.30. The van der Waals surface area contributed by atoms with Gasteiger partial charge in [0.1, 0.15) is 5.82 Å². The van der Waals surface area contributed by atoms with Gasteiger partial charge in [-0.15, -0.1) is 16.4 Å². The number of carbonyl (C=O) groups is 2. The van der Waals surface area contributed by atoms with E-state index in [1.165, 1.54) is 28.4 Å². The summed E-state index contributed by atoms with van der Waals surface area (Å²) in [5, 5.41) is 22.2. The normalized spacial score (nSPS) is 12.4. The van der Waals surface area contributed by atoms with Gasteiger partial charge in [-0.25, -0.2) is 13.9 Å². The van der Waals surface area contributed by atoms with Crippen LogP contribution in [-0.2, 0) is 13.5 Å². The highest BCUT2D eigenvalue weighted by Crippen LogP contribution is 2.25. The predicted molar refractivity (Wildman–Crippen MR) is 120 cm³/mol. The van der Waals surface area contributed by atoms with Gasteiger partial charge in [0.25, 0.3) is 5.91 Å². The Hall–Kier alpha value is -3.27. The standard InChI is InChI=1S/C22H26FN5O3S/c1-22(2,3)28(21(30)31)12-17(9-14-6-5-7-16(23)8-14)25-20(29)19-10-15(13-32-19)18-11-24-26-27(18)4/h5-8,10-11,13,17H,9,12H2,1-4H3,(H,25,29)(H,30,31)/t17-/m0/s1. The van der Waals surface area contributed by atoms with Gasteiger partial charge in [-0.2, -0.15) is 0 Å². The van der Waals surface area contributed by atoms with Crippen LogP contribution in [0.25, 0.3) is 11.3 Å². The van der Waals surface area contributed by atoms with Crippen molar-refractivity contribution in [3.63, 3.8) is 0 Å². The average Bonchev–Trinajstić information content (AvgIpc) is 3.33. The zero-order valence-corrected chi connectivity index (χ0v) is 19.2. The minimum absolute atomic E-state index is 0.0605. The second-order valence-corrected chi connectivity index (χ2v) is 9.42. The van der Waals surface area contributed by atoms with Crippen molar-refractivity contribution in [2.24, 2.45) is 7.05 Å². The predicted octanol–water partition coefficient (Wildman–Crippen LogP) is 3.80. The van der Waals surface area contributed by atoms with Crippen LogP contribution < -0.4 is 5.32 Å². The van der Waals surface area contributed by atoms with Crippen molar-refractivity contribution in [2.75, 3.05) is 6.54 Å². The van der Waals surface area contributed by atoms with E-state index in [9.17, 15) is 19.1 Å². The maximum absolute atomic E-state index is 13.7. The van der Waals surface area contributed by atoms with E-state index in [2.05, 4.69) is 15.6 Å². The third-order valence-corrected chi connectivity index (χ3v) is 5.91. The van der Waals surface area contributed by atoms with Crippen molar-refractivity contribution in [1.29, 1.82) is 0 Å². The number of rotatable bonds is 7. The maximum atomic E-state index is 13.7. The van der Waals surface area contributed by atoms with E-state index in [1.807, 2.05) is 5.38 Å². The molecule has 10 heteroatoms. The number of nitrogens with zero attached hydrogens (tertiary/aromatic N) is 4. The van der Waals surface area contributed by atoms with Gasteiger partial charge < -0.3 is 15.3 Å². The molecule has 2 amide bonds. The van der Waals surface area contributed by atoms with Crippen molar-refractivity contribution in [1.82, 2.24) is 25.2 Å². The summed E-state index contributed by atoms with van der Waals surface area (Å²) in [4.78, 5) is 26.6. The number of carbonyl (C=O) groups excluding carboxylic acids is 1. The highest BCUT2D eigenvalue weighted by molar-refractivity contribution is 7.12. The third-order valence-electron chi connectivity index (χ3n) is 4.98. The lowest BCUT2D eigenvalue weighted by molar-refractivity contribution is 0.0824. The average molecular weight is 460 g/mol. The van der Waals surface area contributed by atoms with Gasteiger partial charge in [-0.1, -0.05) is 17.3 Å². The second kappa shape index (κ2) is 9.47. The lowest BCUT2D eigenvalue weighted by Gasteiger charge is -2.36. The number of thiophene rings is 1. The quantitative estimate of drug-likeness (QED) is 0.560. The molecule has 3 rings (SSSR count). The van der Waals surface area contributed by atoms with Crippen molar-refractivity contribution < 1.29 is 19.1 Å². The number of aromatic nitrogens is 3. The van der Waals surface area contributed by atoms with Crippen LogP contribution in [-0.4, -0.2) is 55.1 Å². The first-order chi connectivity index (χ1) is 15.0. The number of hydrogen-bond donors (Lipinski definition) is 2. The molecule has 0 aliphatic rings. The Balaban J connectivity index is 1.82. The lowest BCUT2D eigenvalue weighted by atomic mass is 10.0. The first-order valence-corrected chi connectivity index (χ1v) is 10.9. The van der Waals surface area contributed by atoms with Crippen molar-refractivity contribution in [3.05, 3.63) is 58.2 Å². The van der Waals surface area contributed by atoms with Crippen LogP contribution in [0.2, 0.25) is 0 Å². The molecule has 0 saturated carbocycles. The van der Waals surface area contributed by atoms with E-state index in [-0.39, 0.29) is 24.7 Å². The molecule has 2 heterocycles. The van der Waals surface area contributed by atoms with Crippen LogP contribution in [0.3, 0.4) is 0 Å². The Morgan fingerprint density at radius 2 is 2.06 bits per heavy atom. The number of amides is 2. The Labute approximate surface area is 189 Å². The van der Waals surface area contributed by atoms with Crippen molar-refractivity contribution in [3.8, 4) is 11.3 Å². The fourth-order valence-corrected chi connectivity index (χ4v) is 4.17. The van der Waals surface area contributed by atoms with E-state index in [0.29, 0.717) is 10.4 Å². The van der Waals surface area contributed by atoms with Gasteiger partial charge in [0, 0.05) is 30.1 Å². The highest BCUT2D eigenvalue weighted by atomic mass is 32.1. The molecule has 0 saturated heterocycles. The van der Waals surface area contributed by atoms with Gasteiger partial charge in [0.05, 0.1) is 22.8 Å². The molecule has 2 N–H and O–H groups in total. The second-order valence-electron chi connectivity index (χ2n) is 8.51. The summed E-state index contributed by atoms with van der Waals surface area (Å²) >= 11 is 1.28. The van der Waals surface area contributed by atoms with Crippen LogP contribution in [0.4, 0.5) is 9.18 Å². The molecule has 1 aromatic carbocycles. The number of aryl methyl sites for hydroxylation is 1. The van der Waals surface area contributed by atoms with Gasteiger partial charge in [0.2, 0.25) is 0 Å². The van der Waals surface area contributed by atoms with Crippen LogP contribution >= 0.6 is 11.3 Å². The molecule has 0 aliphatic carbocycles. The molecule has 170 valence electrons. The van der Waals surface area contributed by atoms with Crippen LogP contribution in [0.5, 0.6) is 0 Å². The van der Waals surface area contributed by atoms with Gasteiger partial charge >= 0.3 is 6.09 Å². The van der Waals surface area contributed by atoms with Crippen LogP contribution in [0, 0.1) is 5.82 Å². The summed E-state index contributed by atoms with van der Waals surface area (Å²) in [6, 6.07) is 7.27. The Bertz CT molecular complexity index is 1100. The monoisotopic (exact) mass is 459 g/mol. The molecule has 2 aromatic heterocycles. The fourth-order valence-electron chi connectivity index (χ4n) is 3.37. The summed E-state index contributed by atoms with van der Waals surface area (Å²) in [6.07, 6.45) is 0.816. The molecule has 0 aliphatic heterocycles. The number of carboxylic acid groups (broad SMARTS) is 1. The first-order valence-electron chi connectivity index (χ1n) is 10.0. The van der Waals surface area contributed by atoms with Crippen molar-refractivity contribution in [2.45, 2.75) is 38.8 Å². The van der Waals surface area contributed by atoms with Gasteiger partial charge in [-0.05, 0) is 51.0 Å². The molecule has 1 atom stereocenters. The molecule has 3 aromatic rings. The van der Waals surface area contributed by atoms with E-state index in [1.54, 1.807) is 56.9 Å². The van der Waals surface area contributed by atoms with Gasteiger partial charge in [0.15, 0.2) is 0 Å². The number of nitrogens with one attached hydrogen (secondary N) is 1. The van der Waals surface area contributed by atoms with Crippen LogP contribution in [0.15, 0.2) is 41.9 Å². The number of halogens is 1. The summed E-state index contributed by atoms with van der Waals surface area (Å²) in [7, 11) is 1.77. The molecule has 0 unspecified atom stereocenters. The Kier molecular flexibility index (Phi) is 6.93. The summed E-state index contributed by atoms with van der Waals surface area (Å²) in [5.41, 5.74) is 1.60. The molecule has 0 fully saturated rings. The van der Waals surface area contributed by atoms with Crippen LogP contribution in [0.1, 0.15) is 36.0 Å². The number of hydrogen-bond acceptors (Lipinski definition) is 5. The number of benzene rings is 1. The van der Waals surface area contributed by atoms with E-state index in [0.717, 1.165) is 11.3 Å². The topological polar surface area (TPSA) is 100 Å². The molecule has 0 radical (unpaired) electrons. The minimum atomic E-state index is -1.09. The van der Waals surface area contributed by atoms with Gasteiger partial charge in [-0.3, -0.25) is 4.79 Å². The third kappa shape index (κ3) is 5.70. The van der Waals surface area contributed by atoms with E-state index >= 15 is 0 Å². The van der Waals surface area contributed by atoms with E-state index in [4.69, 9.17) is 0 Å². The fraction of sp³-hybridized carbons (Fsp3) is 0.364. The molecule has 32 heavy (non-hydrogen) atoms. The lowest BCUT2D eigenvalue weighted by Crippen LogP contribution is -2.53. The SMILES string of the molecule is Cn1nncc1-c1csc(C(=O)N[C@@H](Cc2cccc(F)c2)CN(C(=O)O)C(C)(C)C)c1. The molecule has 8 nitrogen and oxygen atoms in total. The largest absolute Gasteiger partial charge is 0.465 e. The maximum Gasteiger partial charge on any atom is 0.407 e. The molecular formula is C22H26FN5O3S. The minimum Gasteiger partial charge on any atom is -0.465 e. The Morgan fingerprint density at radius 1 is 1.31 bits per heavy atom. The Morgan fingerprint density at radius 3 is 2.66 bits per heavy atom. The van der Waals surface area contributed by atoms with Crippen molar-refractivity contribution >= 4 is 23.3 Å². The summed E-state index contributed by atoms with van der Waals surface area (Å²) in [5.74, 6) is -0.705. The molecular weight excluding hydrogens is 433 g/mol. The first kappa shape index (κ1) is 23.4. The molecule has 0 spiro atoms. The summed E-state index contributed by atoms with van der Waals surface area (Å²) in [6.45, 7) is 5.42.